The van der Waals surface area contributed by atoms with Crippen molar-refractivity contribution in [3.63, 3.8) is 0 Å². The second kappa shape index (κ2) is 6.26. The Bertz CT molecular complexity index is 681. The summed E-state index contributed by atoms with van der Waals surface area (Å²) in [7, 11) is 1.50. The lowest BCUT2D eigenvalue weighted by Gasteiger charge is -2.25. The third-order valence-corrected chi connectivity index (χ3v) is 5.47. The number of benzene rings is 1. The van der Waals surface area contributed by atoms with E-state index in [4.69, 9.17) is 16.3 Å². The highest BCUT2D eigenvalue weighted by Crippen LogP contribution is 2.43. The van der Waals surface area contributed by atoms with Crippen molar-refractivity contribution in [1.29, 1.82) is 0 Å². The Kier molecular flexibility index (Phi) is 4.44. The van der Waals surface area contributed by atoms with E-state index in [9.17, 15) is 14.7 Å². The fourth-order valence-corrected chi connectivity index (χ4v) is 4.06. The number of carbonyl (C=O) groups is 2. The Morgan fingerprint density at radius 1 is 1.38 bits per heavy atom. The monoisotopic (exact) mass is 352 g/mol. The van der Waals surface area contributed by atoms with E-state index in [0.29, 0.717) is 36.0 Å². The van der Waals surface area contributed by atoms with E-state index in [2.05, 4.69) is 4.90 Å². The first-order valence-corrected chi connectivity index (χ1v) is 8.37. The number of hydrogen-bond donors (Lipinski definition) is 1. The zero-order chi connectivity index (χ0) is 17.5. The SMILES string of the molecule is CCN1CC2CN(C(=O)c3cc(Cl)ccc3OC)C[C@]2(C(=O)O)C1. The summed E-state index contributed by atoms with van der Waals surface area (Å²) in [6.07, 6.45) is 0. The van der Waals surface area contributed by atoms with Crippen LogP contribution < -0.4 is 4.74 Å². The number of aliphatic carboxylic acids is 1. The molecule has 1 aromatic carbocycles. The topological polar surface area (TPSA) is 70.1 Å². The summed E-state index contributed by atoms with van der Waals surface area (Å²) in [4.78, 5) is 28.6. The highest BCUT2D eigenvalue weighted by atomic mass is 35.5. The maximum atomic E-state index is 12.9. The number of hydrogen-bond acceptors (Lipinski definition) is 4. The van der Waals surface area contributed by atoms with Gasteiger partial charge in [0.2, 0.25) is 0 Å². The van der Waals surface area contributed by atoms with Crippen LogP contribution in [-0.4, -0.2) is 66.6 Å². The molecule has 3 rings (SSSR count). The van der Waals surface area contributed by atoms with Crippen molar-refractivity contribution < 1.29 is 19.4 Å². The molecular weight excluding hydrogens is 332 g/mol. The zero-order valence-corrected chi connectivity index (χ0v) is 14.5. The number of likely N-dealkylation sites (tertiary alicyclic amines) is 2. The minimum Gasteiger partial charge on any atom is -0.496 e. The van der Waals surface area contributed by atoms with Crippen molar-refractivity contribution in [3.05, 3.63) is 28.8 Å². The predicted molar refractivity (Wildman–Crippen MR) is 89.6 cm³/mol. The van der Waals surface area contributed by atoms with Gasteiger partial charge >= 0.3 is 5.97 Å². The molecular formula is C17H21ClN2O4. The lowest BCUT2D eigenvalue weighted by atomic mass is 9.81. The van der Waals surface area contributed by atoms with E-state index >= 15 is 0 Å². The van der Waals surface area contributed by atoms with Gasteiger partial charge in [0, 0.05) is 37.1 Å². The van der Waals surface area contributed by atoms with E-state index in [1.54, 1.807) is 23.1 Å². The molecule has 2 fully saturated rings. The Morgan fingerprint density at radius 2 is 2.12 bits per heavy atom. The van der Waals surface area contributed by atoms with E-state index in [0.717, 1.165) is 6.54 Å². The third-order valence-electron chi connectivity index (χ3n) is 5.23. The normalized spacial score (nSPS) is 26.5. The molecule has 0 aromatic heterocycles. The second-order valence-electron chi connectivity index (χ2n) is 6.52. The van der Waals surface area contributed by atoms with Crippen LogP contribution in [0.25, 0.3) is 0 Å². The van der Waals surface area contributed by atoms with Crippen LogP contribution in [0.4, 0.5) is 0 Å². The van der Waals surface area contributed by atoms with Gasteiger partial charge in [0.1, 0.15) is 11.2 Å². The molecule has 0 radical (unpaired) electrons. The highest BCUT2D eigenvalue weighted by molar-refractivity contribution is 6.31. The van der Waals surface area contributed by atoms with Crippen LogP contribution in [0, 0.1) is 11.3 Å². The summed E-state index contributed by atoms with van der Waals surface area (Å²) in [5, 5.41) is 10.2. The van der Waals surface area contributed by atoms with Gasteiger partial charge in [0.05, 0.1) is 12.7 Å². The Morgan fingerprint density at radius 3 is 2.71 bits per heavy atom. The fraction of sp³-hybridized carbons (Fsp3) is 0.529. The lowest BCUT2D eigenvalue weighted by Crippen LogP contribution is -2.42. The molecule has 1 unspecified atom stereocenters. The van der Waals surface area contributed by atoms with E-state index in [1.807, 2.05) is 6.92 Å². The molecule has 0 bridgehead atoms. The first kappa shape index (κ1) is 17.0. The van der Waals surface area contributed by atoms with Gasteiger partial charge in [0.15, 0.2) is 0 Å². The van der Waals surface area contributed by atoms with Crippen LogP contribution in [0.5, 0.6) is 5.75 Å². The number of carboxylic acid groups (broad SMARTS) is 1. The fourth-order valence-electron chi connectivity index (χ4n) is 3.88. The molecule has 2 heterocycles. The molecule has 2 saturated heterocycles. The molecule has 1 aromatic rings. The maximum Gasteiger partial charge on any atom is 0.313 e. The van der Waals surface area contributed by atoms with Crippen molar-refractivity contribution in [2.24, 2.45) is 11.3 Å². The molecule has 7 heteroatoms. The number of amides is 1. The van der Waals surface area contributed by atoms with Gasteiger partial charge in [-0.15, -0.1) is 0 Å². The Labute approximate surface area is 145 Å². The largest absolute Gasteiger partial charge is 0.496 e. The average Bonchev–Trinajstić information content (AvgIpc) is 3.09. The van der Waals surface area contributed by atoms with Crippen molar-refractivity contribution in [2.45, 2.75) is 6.92 Å². The van der Waals surface area contributed by atoms with Crippen molar-refractivity contribution in [2.75, 3.05) is 39.8 Å². The minimum atomic E-state index is -0.877. The van der Waals surface area contributed by atoms with Crippen molar-refractivity contribution in [3.8, 4) is 5.75 Å². The smallest absolute Gasteiger partial charge is 0.313 e. The van der Waals surface area contributed by atoms with Crippen LogP contribution in [-0.2, 0) is 4.79 Å². The van der Waals surface area contributed by atoms with Gasteiger partial charge in [-0.05, 0) is 24.7 Å². The van der Waals surface area contributed by atoms with Crippen LogP contribution in [0.2, 0.25) is 5.02 Å². The molecule has 0 spiro atoms. The molecule has 24 heavy (non-hydrogen) atoms. The highest BCUT2D eigenvalue weighted by Gasteiger charge is 2.58. The van der Waals surface area contributed by atoms with Crippen LogP contribution >= 0.6 is 11.6 Å². The average molecular weight is 353 g/mol. The summed E-state index contributed by atoms with van der Waals surface area (Å²) in [5.74, 6) is -0.658. The van der Waals surface area contributed by atoms with Gasteiger partial charge in [-0.1, -0.05) is 18.5 Å². The number of carboxylic acids is 1. The second-order valence-corrected chi connectivity index (χ2v) is 6.95. The van der Waals surface area contributed by atoms with Gasteiger partial charge < -0.3 is 19.6 Å². The lowest BCUT2D eigenvalue weighted by molar-refractivity contribution is -0.148. The van der Waals surface area contributed by atoms with Crippen LogP contribution in [0.3, 0.4) is 0 Å². The summed E-state index contributed by atoms with van der Waals surface area (Å²) < 4.78 is 5.25. The van der Waals surface area contributed by atoms with Gasteiger partial charge in [-0.25, -0.2) is 0 Å². The number of carbonyl (C=O) groups excluding carboxylic acids is 1. The number of halogens is 1. The zero-order valence-electron chi connectivity index (χ0n) is 13.8. The number of methoxy groups -OCH3 is 1. The van der Waals surface area contributed by atoms with Crippen LogP contribution in [0.15, 0.2) is 18.2 Å². The summed E-state index contributed by atoms with van der Waals surface area (Å²) in [5.41, 5.74) is -0.504. The molecule has 6 nitrogen and oxygen atoms in total. The number of nitrogens with zero attached hydrogens (tertiary/aromatic N) is 2. The van der Waals surface area contributed by atoms with Crippen molar-refractivity contribution >= 4 is 23.5 Å². The number of rotatable bonds is 4. The minimum absolute atomic E-state index is 0.0518. The van der Waals surface area contributed by atoms with Crippen LogP contribution in [0.1, 0.15) is 17.3 Å². The third kappa shape index (κ3) is 2.63. The quantitative estimate of drug-likeness (QED) is 0.895. The van der Waals surface area contributed by atoms with E-state index in [1.165, 1.54) is 7.11 Å². The molecule has 2 atom stereocenters. The number of fused-ring (bicyclic) bond motifs is 1. The molecule has 2 aliphatic rings. The molecule has 1 amide bonds. The van der Waals surface area contributed by atoms with E-state index < -0.39 is 11.4 Å². The number of ether oxygens (including phenoxy) is 1. The summed E-state index contributed by atoms with van der Waals surface area (Å²) in [6, 6.07) is 4.88. The van der Waals surface area contributed by atoms with Gasteiger partial charge in [-0.2, -0.15) is 0 Å². The predicted octanol–water partition coefficient (Wildman–Crippen LogP) is 1.83. The summed E-state index contributed by atoms with van der Waals surface area (Å²) in [6.45, 7) is 4.70. The van der Waals surface area contributed by atoms with E-state index in [-0.39, 0.29) is 18.4 Å². The standard InChI is InChI=1S/C17H21ClN2O4/c1-3-19-7-11-8-20(10-17(11,9-19)16(22)23)15(21)13-6-12(18)4-5-14(13)24-2/h4-6,11H,3,7-10H2,1-2H3,(H,22,23)/t11?,17-/m1/s1. The molecule has 0 aliphatic carbocycles. The Hall–Kier alpha value is -1.79. The first-order valence-electron chi connectivity index (χ1n) is 8.00. The summed E-state index contributed by atoms with van der Waals surface area (Å²) >= 11 is 6.01. The first-order chi connectivity index (χ1) is 11.4. The van der Waals surface area contributed by atoms with Gasteiger partial charge in [0.25, 0.3) is 5.91 Å². The maximum absolute atomic E-state index is 12.9. The molecule has 130 valence electrons. The molecule has 0 saturated carbocycles. The molecule has 2 aliphatic heterocycles. The van der Waals surface area contributed by atoms with Crippen molar-refractivity contribution in [1.82, 2.24) is 9.80 Å². The molecule has 1 N–H and O–H groups in total. The van der Waals surface area contributed by atoms with Gasteiger partial charge in [-0.3, -0.25) is 9.59 Å². The Balaban J connectivity index is 1.87.